The van der Waals surface area contributed by atoms with Crippen molar-refractivity contribution in [2.45, 2.75) is 47.7 Å². The molecule has 4 heterocycles. The molecule has 0 unspecified atom stereocenters. The van der Waals surface area contributed by atoms with Crippen molar-refractivity contribution in [3.63, 3.8) is 0 Å². The molecule has 2 aliphatic heterocycles. The Kier molecular flexibility index (Phi) is 16.7. The molecule has 6 rings (SSSR count). The van der Waals surface area contributed by atoms with Crippen molar-refractivity contribution in [3.8, 4) is 11.4 Å². The summed E-state index contributed by atoms with van der Waals surface area (Å²) >= 11 is 3.50. The molecule has 2 aliphatic rings. The molecule has 0 saturated carbocycles. The van der Waals surface area contributed by atoms with Crippen LogP contribution < -0.4 is 0 Å². The van der Waals surface area contributed by atoms with Crippen molar-refractivity contribution in [2.75, 3.05) is 79.3 Å². The van der Waals surface area contributed by atoms with Gasteiger partial charge in [0.15, 0.2) is 0 Å². The van der Waals surface area contributed by atoms with Gasteiger partial charge >= 0.3 is 0 Å². The minimum absolute atomic E-state index is 0.467. The van der Waals surface area contributed by atoms with Crippen LogP contribution in [0.1, 0.15) is 33.6 Å². The van der Waals surface area contributed by atoms with Crippen molar-refractivity contribution >= 4 is 23.5 Å². The zero-order valence-corrected chi connectivity index (χ0v) is 31.3. The molecule has 0 saturated heterocycles. The molecule has 10 nitrogen and oxygen atoms in total. The van der Waals surface area contributed by atoms with Gasteiger partial charge in [-0.05, 0) is 46.5 Å². The lowest BCUT2D eigenvalue weighted by Crippen LogP contribution is -2.13. The average Bonchev–Trinajstić information content (AvgIpc) is 3.17. The van der Waals surface area contributed by atoms with Crippen LogP contribution in [0, 0.1) is 0 Å². The molecule has 52 heavy (non-hydrogen) atoms. The molecule has 278 valence electrons. The summed E-state index contributed by atoms with van der Waals surface area (Å²) in [6.45, 7) is 7.73. The molecule has 12 heteroatoms. The Balaban J connectivity index is 1.28. The van der Waals surface area contributed by atoms with Crippen LogP contribution in [0.15, 0.2) is 82.6 Å². The second kappa shape index (κ2) is 22.4. The van der Waals surface area contributed by atoms with Gasteiger partial charge in [-0.15, -0.1) is 23.5 Å². The maximum absolute atomic E-state index is 6.08. The first-order valence-corrected chi connectivity index (χ1v) is 19.8. The summed E-state index contributed by atoms with van der Waals surface area (Å²) in [5.41, 5.74) is 8.06. The number of hydrogen-bond donors (Lipinski definition) is 0. The zero-order valence-electron chi connectivity index (χ0n) is 29.6. The molecule has 4 aromatic rings. The molecular weight excluding hydrogens is 701 g/mol. The van der Waals surface area contributed by atoms with Gasteiger partial charge in [0.1, 0.15) is 0 Å². The van der Waals surface area contributed by atoms with E-state index in [1.807, 2.05) is 12.1 Å². The van der Waals surface area contributed by atoms with Crippen LogP contribution in [0.3, 0.4) is 0 Å². The first-order chi connectivity index (χ1) is 25.8. The van der Waals surface area contributed by atoms with Gasteiger partial charge in [0.2, 0.25) is 0 Å². The Morgan fingerprint density at radius 3 is 0.962 bits per heavy atom. The number of aromatic nitrogens is 2. The highest BCUT2D eigenvalue weighted by molar-refractivity contribution is 7.98. The van der Waals surface area contributed by atoms with E-state index in [1.54, 1.807) is 23.5 Å². The second-order valence-electron chi connectivity index (χ2n) is 12.1. The Labute approximate surface area is 315 Å². The number of hydrogen-bond acceptors (Lipinski definition) is 12. The normalized spacial score (nSPS) is 18.5. The number of benzene rings is 2. The minimum atomic E-state index is 0.467. The summed E-state index contributed by atoms with van der Waals surface area (Å²) in [6.07, 6.45) is 0. The molecule has 0 aliphatic carbocycles. The maximum Gasteiger partial charge on any atom is 0.0889 e. The highest BCUT2D eigenvalue weighted by atomic mass is 32.2. The number of fused-ring (bicyclic) bond motifs is 2. The van der Waals surface area contributed by atoms with E-state index in [1.165, 1.54) is 0 Å². The Hall–Kier alpha value is -2.88. The highest BCUT2D eigenvalue weighted by Crippen LogP contribution is 2.33. The molecule has 0 N–H and O–H groups in total. The van der Waals surface area contributed by atoms with E-state index in [2.05, 4.69) is 60.7 Å². The lowest BCUT2D eigenvalue weighted by Gasteiger charge is -2.16. The lowest BCUT2D eigenvalue weighted by molar-refractivity contribution is -0.00789. The van der Waals surface area contributed by atoms with Gasteiger partial charge in [0.05, 0.1) is 128 Å². The molecule has 0 spiro atoms. The van der Waals surface area contributed by atoms with E-state index in [0.29, 0.717) is 117 Å². The van der Waals surface area contributed by atoms with Crippen molar-refractivity contribution in [2.24, 2.45) is 0 Å². The van der Waals surface area contributed by atoms with Gasteiger partial charge in [0, 0.05) is 21.3 Å². The third-order valence-corrected chi connectivity index (χ3v) is 10.7. The lowest BCUT2D eigenvalue weighted by atomic mass is 10.1. The van der Waals surface area contributed by atoms with Crippen LogP contribution >= 0.6 is 23.5 Å². The minimum Gasteiger partial charge on any atom is -0.377 e. The van der Waals surface area contributed by atoms with Gasteiger partial charge in [-0.1, -0.05) is 48.5 Å². The van der Waals surface area contributed by atoms with Gasteiger partial charge < -0.3 is 37.9 Å². The van der Waals surface area contributed by atoms with E-state index in [4.69, 9.17) is 47.9 Å². The van der Waals surface area contributed by atoms with Crippen LogP contribution in [0.4, 0.5) is 0 Å². The highest BCUT2D eigenvalue weighted by Gasteiger charge is 2.14. The van der Waals surface area contributed by atoms with E-state index in [-0.39, 0.29) is 0 Å². The molecular formula is C40H48N2O8S2. The molecule has 0 radical (unpaired) electrons. The average molecular weight is 749 g/mol. The Morgan fingerprint density at radius 1 is 0.346 bits per heavy atom. The van der Waals surface area contributed by atoms with Gasteiger partial charge in [-0.2, -0.15) is 0 Å². The SMILES string of the molecule is c1cc2nc(c1)-c1cccc(n1)CSc1c3cccc1COCCOCCOCCOCc1cccc(c1SC2)COCCOCCOCCOC3. The van der Waals surface area contributed by atoms with Crippen molar-refractivity contribution < 1.29 is 37.9 Å². The summed E-state index contributed by atoms with van der Waals surface area (Å²) in [6, 6.07) is 24.9. The maximum atomic E-state index is 6.08. The predicted molar refractivity (Wildman–Crippen MR) is 201 cm³/mol. The van der Waals surface area contributed by atoms with Crippen molar-refractivity contribution in [3.05, 3.63) is 106 Å². The fraction of sp³-hybridized carbons (Fsp3) is 0.450. The third kappa shape index (κ3) is 12.6. The van der Waals surface area contributed by atoms with E-state index in [0.717, 1.165) is 54.8 Å². The molecule has 2 aromatic carbocycles. The van der Waals surface area contributed by atoms with Crippen LogP contribution in [-0.4, -0.2) is 89.3 Å². The van der Waals surface area contributed by atoms with Crippen LogP contribution in [0.2, 0.25) is 0 Å². The Morgan fingerprint density at radius 2 is 0.635 bits per heavy atom. The number of nitrogens with zero attached hydrogens (tertiary/aromatic N) is 2. The molecule has 2 aromatic heterocycles. The fourth-order valence-electron chi connectivity index (χ4n) is 5.64. The number of rotatable bonds is 0. The monoisotopic (exact) mass is 748 g/mol. The van der Waals surface area contributed by atoms with Crippen LogP contribution in [0.5, 0.6) is 0 Å². The number of thioether (sulfide) groups is 2. The molecule has 6 bridgehead atoms. The van der Waals surface area contributed by atoms with E-state index >= 15 is 0 Å². The summed E-state index contributed by atoms with van der Waals surface area (Å²) in [5, 5.41) is 0. The number of pyridine rings is 2. The standard InChI is InChI=1S/C40H48N2O8S2/c1-5-31-25-47-21-17-43-13-15-45-19-23-49-27-33-7-2-8-34-28-50-24-20-46-16-14-44-18-22-48-26-32(6-1)39(31)51-29-35-9-3-11-37(41-35)38-12-4-10-36(42-38)30-52-40(33)34/h1-12H,13-30H2. The molecule has 0 atom stereocenters. The second-order valence-corrected chi connectivity index (χ2v) is 14.0. The van der Waals surface area contributed by atoms with Crippen LogP contribution in [-0.2, 0) is 75.8 Å². The van der Waals surface area contributed by atoms with Crippen LogP contribution in [0.25, 0.3) is 11.4 Å². The van der Waals surface area contributed by atoms with Gasteiger partial charge in [-0.25, -0.2) is 0 Å². The molecule has 0 amide bonds. The first-order valence-electron chi connectivity index (χ1n) is 17.8. The predicted octanol–water partition coefficient (Wildman–Crippen LogP) is 6.89. The fourth-order valence-corrected chi connectivity index (χ4v) is 7.80. The van der Waals surface area contributed by atoms with Crippen molar-refractivity contribution in [1.29, 1.82) is 0 Å². The van der Waals surface area contributed by atoms with Crippen molar-refractivity contribution in [1.82, 2.24) is 9.97 Å². The summed E-state index contributed by atoms with van der Waals surface area (Å²) in [7, 11) is 0. The summed E-state index contributed by atoms with van der Waals surface area (Å²) < 4.78 is 47.4. The van der Waals surface area contributed by atoms with Gasteiger partial charge in [0.25, 0.3) is 0 Å². The third-order valence-electron chi connectivity index (χ3n) is 8.22. The smallest absolute Gasteiger partial charge is 0.0889 e. The van der Waals surface area contributed by atoms with Gasteiger partial charge in [-0.3, -0.25) is 9.97 Å². The number of ether oxygens (including phenoxy) is 8. The molecule has 0 fully saturated rings. The topological polar surface area (TPSA) is 99.6 Å². The Bertz CT molecular complexity index is 1480. The van der Waals surface area contributed by atoms with E-state index in [9.17, 15) is 0 Å². The summed E-state index contributed by atoms with van der Waals surface area (Å²) in [5.74, 6) is 1.37. The summed E-state index contributed by atoms with van der Waals surface area (Å²) in [4.78, 5) is 12.4. The van der Waals surface area contributed by atoms with E-state index < -0.39 is 0 Å². The quantitative estimate of drug-likeness (QED) is 0.187. The largest absolute Gasteiger partial charge is 0.377 e. The zero-order chi connectivity index (χ0) is 35.5. The first kappa shape index (κ1) is 38.8.